The number of hydrogen-bond donors (Lipinski definition) is 0. The number of rotatable bonds is 22. The van der Waals surface area contributed by atoms with E-state index in [4.69, 9.17) is 9.47 Å². The van der Waals surface area contributed by atoms with E-state index in [9.17, 15) is 4.79 Å². The molecule has 1 heterocycles. The number of unbranched alkanes of at least 4 members (excludes halogenated alkanes) is 15. The number of esters is 1. The van der Waals surface area contributed by atoms with Crippen molar-refractivity contribution in [1.29, 1.82) is 0 Å². The first-order valence-electron chi connectivity index (χ1n) is 15.0. The van der Waals surface area contributed by atoms with E-state index in [1.165, 1.54) is 89.9 Å². The van der Waals surface area contributed by atoms with Crippen molar-refractivity contribution < 1.29 is 14.3 Å². The van der Waals surface area contributed by atoms with Gasteiger partial charge in [0.15, 0.2) is 11.6 Å². The summed E-state index contributed by atoms with van der Waals surface area (Å²) in [6.45, 7) is 5.24. The molecule has 1 aromatic heterocycles. The molecular formula is C32H50N2O3. The van der Waals surface area contributed by atoms with Gasteiger partial charge in [-0.2, -0.15) is 0 Å². The molecule has 0 spiro atoms. The first-order chi connectivity index (χ1) is 18.2. The highest BCUT2D eigenvalue weighted by atomic mass is 16.5. The van der Waals surface area contributed by atoms with Crippen LogP contribution in [0.2, 0.25) is 0 Å². The monoisotopic (exact) mass is 510 g/mol. The molecule has 0 fully saturated rings. The lowest BCUT2D eigenvalue weighted by molar-refractivity contribution is -0.134. The van der Waals surface area contributed by atoms with E-state index in [1.54, 1.807) is 12.4 Å². The lowest BCUT2D eigenvalue weighted by Gasteiger charge is -2.08. The molecule has 37 heavy (non-hydrogen) atoms. The normalized spacial score (nSPS) is 11.0. The molecule has 0 unspecified atom stereocenters. The molecule has 0 radical (unpaired) electrons. The van der Waals surface area contributed by atoms with E-state index in [0.29, 0.717) is 18.0 Å². The Kier molecular flexibility index (Phi) is 17.1. The third-order valence-electron chi connectivity index (χ3n) is 6.72. The molecule has 0 aliphatic heterocycles. The highest BCUT2D eigenvalue weighted by molar-refractivity contribution is 5.72. The molecule has 0 saturated heterocycles. The van der Waals surface area contributed by atoms with Crippen LogP contribution in [0.5, 0.6) is 11.5 Å². The Morgan fingerprint density at radius 1 is 0.622 bits per heavy atom. The molecule has 0 N–H and O–H groups in total. The van der Waals surface area contributed by atoms with Gasteiger partial charge in [-0.15, -0.1) is 0 Å². The van der Waals surface area contributed by atoms with E-state index in [0.717, 1.165) is 37.2 Å². The van der Waals surface area contributed by atoms with Crippen molar-refractivity contribution in [3.63, 3.8) is 0 Å². The quantitative estimate of drug-likeness (QED) is 0.117. The topological polar surface area (TPSA) is 61.3 Å². The zero-order valence-corrected chi connectivity index (χ0v) is 23.5. The summed E-state index contributed by atoms with van der Waals surface area (Å²) in [7, 11) is 0. The van der Waals surface area contributed by atoms with Crippen molar-refractivity contribution >= 4 is 5.97 Å². The minimum atomic E-state index is -0.214. The summed E-state index contributed by atoms with van der Waals surface area (Å²) in [6.07, 6.45) is 25.1. The number of aromatic nitrogens is 2. The second-order valence-corrected chi connectivity index (χ2v) is 10.1. The van der Waals surface area contributed by atoms with Crippen molar-refractivity contribution in [2.24, 2.45) is 0 Å². The maximum absolute atomic E-state index is 12.1. The molecular weight excluding hydrogens is 460 g/mol. The summed E-state index contributed by atoms with van der Waals surface area (Å²) in [5, 5.41) is 0. The second-order valence-electron chi connectivity index (χ2n) is 10.1. The molecule has 0 bridgehead atoms. The van der Waals surface area contributed by atoms with Gasteiger partial charge in [-0.1, -0.05) is 110 Å². The third-order valence-corrected chi connectivity index (χ3v) is 6.72. The molecule has 206 valence electrons. The summed E-state index contributed by atoms with van der Waals surface area (Å²) in [4.78, 5) is 20.8. The van der Waals surface area contributed by atoms with Crippen LogP contribution in [-0.4, -0.2) is 22.5 Å². The first kappa shape index (κ1) is 30.8. The minimum Gasteiger partial charge on any atom is -0.494 e. The molecule has 1 aromatic carbocycles. The third kappa shape index (κ3) is 14.8. The number of carbonyl (C=O) groups excluding carboxylic acids is 1. The van der Waals surface area contributed by atoms with Crippen LogP contribution in [0.25, 0.3) is 11.4 Å². The number of benzene rings is 1. The smallest absolute Gasteiger partial charge is 0.311 e. The fraction of sp³-hybridized carbons (Fsp3) is 0.656. The van der Waals surface area contributed by atoms with Gasteiger partial charge in [0, 0.05) is 12.0 Å². The van der Waals surface area contributed by atoms with E-state index in [2.05, 4.69) is 23.8 Å². The Hall–Kier alpha value is -2.43. The zero-order valence-electron chi connectivity index (χ0n) is 23.5. The van der Waals surface area contributed by atoms with Gasteiger partial charge in [-0.3, -0.25) is 4.79 Å². The highest BCUT2D eigenvalue weighted by Gasteiger charge is 2.07. The Morgan fingerprint density at radius 3 is 1.65 bits per heavy atom. The van der Waals surface area contributed by atoms with Crippen LogP contribution in [0.4, 0.5) is 0 Å². The van der Waals surface area contributed by atoms with Crippen LogP contribution in [-0.2, 0) is 4.79 Å². The molecule has 0 atom stereocenters. The standard InChI is InChI=1S/C32H50N2O3/c1-3-5-7-9-11-12-13-15-17-19-25-36-29-23-21-28(22-24-29)32-33-26-30(27-34-32)37-31(35)20-18-16-14-10-8-6-4-2/h21-24,26-27H,3-20,25H2,1-2H3. The van der Waals surface area contributed by atoms with Crippen molar-refractivity contribution in [1.82, 2.24) is 9.97 Å². The number of ether oxygens (including phenoxy) is 2. The molecule has 5 nitrogen and oxygen atoms in total. The first-order valence-corrected chi connectivity index (χ1v) is 15.0. The summed E-state index contributed by atoms with van der Waals surface area (Å²) in [5.74, 6) is 1.66. The Balaban J connectivity index is 1.58. The highest BCUT2D eigenvalue weighted by Crippen LogP contribution is 2.21. The Labute approximate surface area is 225 Å². The predicted molar refractivity (Wildman–Crippen MR) is 153 cm³/mol. The molecule has 0 amide bonds. The van der Waals surface area contributed by atoms with E-state index in [-0.39, 0.29) is 5.97 Å². The minimum absolute atomic E-state index is 0.214. The fourth-order valence-corrected chi connectivity index (χ4v) is 4.41. The summed E-state index contributed by atoms with van der Waals surface area (Å²) in [6, 6.07) is 7.86. The lowest BCUT2D eigenvalue weighted by atomic mass is 10.1. The van der Waals surface area contributed by atoms with Gasteiger partial charge in [0.05, 0.1) is 19.0 Å². The predicted octanol–water partition coefficient (Wildman–Crippen LogP) is 9.49. The van der Waals surface area contributed by atoms with Gasteiger partial charge in [0.2, 0.25) is 0 Å². The largest absolute Gasteiger partial charge is 0.494 e. The summed E-state index contributed by atoms with van der Waals surface area (Å²) >= 11 is 0. The summed E-state index contributed by atoms with van der Waals surface area (Å²) < 4.78 is 11.3. The van der Waals surface area contributed by atoms with E-state index < -0.39 is 0 Å². The van der Waals surface area contributed by atoms with Crippen molar-refractivity contribution in [2.45, 2.75) is 129 Å². The second kappa shape index (κ2) is 20.6. The van der Waals surface area contributed by atoms with Crippen LogP contribution in [0.15, 0.2) is 36.7 Å². The van der Waals surface area contributed by atoms with Crippen LogP contribution < -0.4 is 9.47 Å². The molecule has 5 heteroatoms. The van der Waals surface area contributed by atoms with Crippen LogP contribution in [0.3, 0.4) is 0 Å². The molecule has 2 rings (SSSR count). The van der Waals surface area contributed by atoms with Crippen LogP contribution in [0.1, 0.15) is 129 Å². The fourth-order valence-electron chi connectivity index (χ4n) is 4.41. The average Bonchev–Trinajstić information content (AvgIpc) is 2.92. The summed E-state index contributed by atoms with van der Waals surface area (Å²) in [5.41, 5.74) is 0.909. The maximum Gasteiger partial charge on any atom is 0.311 e. The molecule has 0 aliphatic carbocycles. The number of hydrogen-bond acceptors (Lipinski definition) is 5. The van der Waals surface area contributed by atoms with Gasteiger partial charge in [-0.25, -0.2) is 9.97 Å². The zero-order chi connectivity index (χ0) is 26.4. The SMILES string of the molecule is CCCCCCCCCCCCOc1ccc(-c2ncc(OC(=O)CCCCCCCCC)cn2)cc1. The van der Waals surface area contributed by atoms with Crippen LogP contribution in [0, 0.1) is 0 Å². The average molecular weight is 511 g/mol. The van der Waals surface area contributed by atoms with Gasteiger partial charge in [0.1, 0.15) is 5.75 Å². The van der Waals surface area contributed by atoms with E-state index in [1.807, 2.05) is 24.3 Å². The van der Waals surface area contributed by atoms with Gasteiger partial charge >= 0.3 is 5.97 Å². The van der Waals surface area contributed by atoms with Gasteiger partial charge < -0.3 is 9.47 Å². The van der Waals surface area contributed by atoms with Gasteiger partial charge in [-0.05, 0) is 37.1 Å². The number of nitrogens with zero attached hydrogens (tertiary/aromatic N) is 2. The van der Waals surface area contributed by atoms with Crippen molar-refractivity contribution in [3.05, 3.63) is 36.7 Å². The van der Waals surface area contributed by atoms with Crippen molar-refractivity contribution in [3.8, 4) is 22.9 Å². The van der Waals surface area contributed by atoms with Crippen molar-refractivity contribution in [2.75, 3.05) is 6.61 Å². The van der Waals surface area contributed by atoms with Gasteiger partial charge in [0.25, 0.3) is 0 Å². The molecule has 0 aliphatic rings. The van der Waals surface area contributed by atoms with Crippen LogP contribution >= 0.6 is 0 Å². The van der Waals surface area contributed by atoms with E-state index >= 15 is 0 Å². The molecule has 2 aromatic rings. The lowest BCUT2D eigenvalue weighted by Crippen LogP contribution is -2.08. The maximum atomic E-state index is 12.1. The Morgan fingerprint density at radius 2 is 1.11 bits per heavy atom. The Bertz CT molecular complexity index is 821. The number of carbonyl (C=O) groups is 1. The molecule has 0 saturated carbocycles.